The molecule has 1 aliphatic carbocycles. The molecule has 1 heterocycles. The first-order valence-electron chi connectivity index (χ1n) is 8.00. The van der Waals surface area contributed by atoms with Gasteiger partial charge in [0, 0.05) is 25.2 Å². The Labute approximate surface area is 146 Å². The summed E-state index contributed by atoms with van der Waals surface area (Å²) >= 11 is 1.46. The van der Waals surface area contributed by atoms with Gasteiger partial charge in [-0.1, -0.05) is 30.0 Å². The van der Waals surface area contributed by atoms with E-state index < -0.39 is 0 Å². The van der Waals surface area contributed by atoms with Crippen molar-refractivity contribution in [1.82, 2.24) is 19.7 Å². The minimum Gasteiger partial charge on any atom is -0.496 e. The molecular weight excluding hydrogens is 324 g/mol. The third-order valence-electron chi connectivity index (χ3n) is 4.10. The average molecular weight is 346 g/mol. The van der Waals surface area contributed by atoms with Crippen LogP contribution in [0.4, 0.5) is 0 Å². The number of aryl methyl sites for hydroxylation is 1. The molecule has 0 saturated heterocycles. The third kappa shape index (κ3) is 3.72. The monoisotopic (exact) mass is 346 g/mol. The Hall–Kier alpha value is -2.02. The molecule has 1 amide bonds. The molecule has 1 saturated carbocycles. The minimum atomic E-state index is 0.0638. The van der Waals surface area contributed by atoms with E-state index in [0.717, 1.165) is 22.3 Å². The fourth-order valence-electron chi connectivity index (χ4n) is 2.62. The highest BCUT2D eigenvalue weighted by molar-refractivity contribution is 7.99. The van der Waals surface area contributed by atoms with E-state index in [1.807, 2.05) is 38.2 Å². The number of hydrogen-bond donors (Lipinski definition) is 0. The summed E-state index contributed by atoms with van der Waals surface area (Å²) in [5, 5.41) is 9.19. The first-order chi connectivity index (χ1) is 11.6. The van der Waals surface area contributed by atoms with Crippen molar-refractivity contribution in [3.8, 4) is 5.75 Å². The number of aromatic nitrogens is 3. The Bertz CT molecular complexity index is 727. The van der Waals surface area contributed by atoms with Crippen LogP contribution in [0, 0.1) is 6.92 Å². The van der Waals surface area contributed by atoms with Crippen LogP contribution in [0.1, 0.15) is 30.3 Å². The average Bonchev–Trinajstić information content (AvgIpc) is 3.36. The lowest BCUT2D eigenvalue weighted by atomic mass is 10.2. The minimum absolute atomic E-state index is 0.0638. The number of carbonyl (C=O) groups excluding carboxylic acids is 1. The van der Waals surface area contributed by atoms with Gasteiger partial charge in [0.1, 0.15) is 11.6 Å². The highest BCUT2D eigenvalue weighted by Gasteiger charge is 2.28. The lowest BCUT2D eigenvalue weighted by molar-refractivity contribution is -0.127. The fraction of sp³-hybridized carbons (Fsp3) is 0.471. The van der Waals surface area contributed by atoms with E-state index in [2.05, 4.69) is 14.8 Å². The van der Waals surface area contributed by atoms with E-state index in [9.17, 15) is 4.79 Å². The number of rotatable bonds is 7. The van der Waals surface area contributed by atoms with E-state index in [-0.39, 0.29) is 5.91 Å². The van der Waals surface area contributed by atoms with Gasteiger partial charge >= 0.3 is 0 Å². The van der Waals surface area contributed by atoms with Gasteiger partial charge in [0.25, 0.3) is 0 Å². The van der Waals surface area contributed by atoms with Crippen molar-refractivity contribution < 1.29 is 9.53 Å². The predicted molar refractivity (Wildman–Crippen MR) is 93.2 cm³/mol. The molecule has 128 valence electrons. The topological polar surface area (TPSA) is 60.2 Å². The Kier molecular flexibility index (Phi) is 5.08. The van der Waals surface area contributed by atoms with E-state index in [0.29, 0.717) is 18.3 Å². The highest BCUT2D eigenvalue weighted by Crippen LogP contribution is 2.38. The Morgan fingerprint density at radius 3 is 2.83 bits per heavy atom. The van der Waals surface area contributed by atoms with Gasteiger partial charge < -0.3 is 14.2 Å². The van der Waals surface area contributed by atoms with Crippen LogP contribution in [0.3, 0.4) is 0 Å². The van der Waals surface area contributed by atoms with Crippen LogP contribution in [-0.2, 0) is 11.3 Å². The zero-order valence-electron chi connectivity index (χ0n) is 14.2. The van der Waals surface area contributed by atoms with E-state index in [1.165, 1.54) is 24.6 Å². The lowest BCUT2D eigenvalue weighted by Crippen LogP contribution is -2.28. The maximum atomic E-state index is 12.4. The van der Waals surface area contributed by atoms with Gasteiger partial charge in [0.2, 0.25) is 5.91 Å². The number of amides is 1. The number of nitrogens with zero attached hydrogens (tertiary/aromatic N) is 4. The van der Waals surface area contributed by atoms with Crippen molar-refractivity contribution in [3.63, 3.8) is 0 Å². The largest absolute Gasteiger partial charge is 0.496 e. The van der Waals surface area contributed by atoms with Crippen LogP contribution in [0.15, 0.2) is 29.4 Å². The molecule has 0 unspecified atom stereocenters. The zero-order chi connectivity index (χ0) is 17.1. The quantitative estimate of drug-likeness (QED) is 0.722. The molecular formula is C17H22N4O2S. The van der Waals surface area contributed by atoms with Gasteiger partial charge in [-0.15, -0.1) is 10.2 Å². The molecule has 6 nitrogen and oxygen atoms in total. The van der Waals surface area contributed by atoms with E-state index >= 15 is 0 Å². The number of thioether (sulfide) groups is 1. The smallest absolute Gasteiger partial charge is 0.233 e. The molecule has 24 heavy (non-hydrogen) atoms. The van der Waals surface area contributed by atoms with Crippen LogP contribution in [0.5, 0.6) is 5.75 Å². The van der Waals surface area contributed by atoms with Gasteiger partial charge in [-0.2, -0.15) is 0 Å². The maximum Gasteiger partial charge on any atom is 0.233 e. The molecule has 0 radical (unpaired) electrons. The summed E-state index contributed by atoms with van der Waals surface area (Å²) in [6.45, 7) is 2.49. The first-order valence-corrected chi connectivity index (χ1v) is 8.99. The van der Waals surface area contributed by atoms with Crippen LogP contribution < -0.4 is 4.74 Å². The van der Waals surface area contributed by atoms with E-state index in [4.69, 9.17) is 4.74 Å². The number of ether oxygens (including phenoxy) is 1. The molecule has 3 rings (SSSR count). The lowest BCUT2D eigenvalue weighted by Gasteiger charge is -2.18. The summed E-state index contributed by atoms with van der Waals surface area (Å²) < 4.78 is 7.49. The number of methoxy groups -OCH3 is 1. The van der Waals surface area contributed by atoms with Gasteiger partial charge in [-0.25, -0.2) is 0 Å². The summed E-state index contributed by atoms with van der Waals surface area (Å²) in [6.07, 6.45) is 2.35. The van der Waals surface area contributed by atoms with E-state index in [1.54, 1.807) is 12.0 Å². The Morgan fingerprint density at radius 1 is 1.38 bits per heavy atom. The van der Waals surface area contributed by atoms with Gasteiger partial charge in [0.05, 0.1) is 12.9 Å². The van der Waals surface area contributed by atoms with Crippen molar-refractivity contribution in [2.45, 2.75) is 37.5 Å². The molecule has 2 aromatic rings. The number of carbonyl (C=O) groups is 1. The third-order valence-corrected chi connectivity index (χ3v) is 5.03. The fourth-order valence-corrected chi connectivity index (χ4v) is 3.61. The van der Waals surface area contributed by atoms with Crippen LogP contribution in [0.25, 0.3) is 0 Å². The van der Waals surface area contributed by atoms with Gasteiger partial charge in [-0.3, -0.25) is 4.79 Å². The summed E-state index contributed by atoms with van der Waals surface area (Å²) in [5.41, 5.74) is 0.998. The van der Waals surface area contributed by atoms with Crippen molar-refractivity contribution in [2.75, 3.05) is 19.9 Å². The molecule has 1 aliphatic rings. The molecule has 0 N–H and O–H groups in total. The van der Waals surface area contributed by atoms with Gasteiger partial charge in [0.15, 0.2) is 5.16 Å². The van der Waals surface area contributed by atoms with Crippen LogP contribution >= 0.6 is 11.8 Å². The molecule has 7 heteroatoms. The highest BCUT2D eigenvalue weighted by atomic mass is 32.2. The Balaban J connectivity index is 1.59. The predicted octanol–water partition coefficient (Wildman–Crippen LogP) is 2.68. The standard InChI is InChI=1S/C17H22N4O2S/c1-12-18-19-17(21(12)14-8-9-14)24-11-16(22)20(2)10-13-6-4-5-7-15(13)23-3/h4-7,14H,8-11H2,1-3H3. The molecule has 1 fully saturated rings. The van der Waals surface area contributed by atoms with Crippen molar-refractivity contribution in [2.24, 2.45) is 0 Å². The van der Waals surface area contributed by atoms with Crippen LogP contribution in [0.2, 0.25) is 0 Å². The summed E-state index contributed by atoms with van der Waals surface area (Å²) in [6, 6.07) is 8.27. The second-order valence-electron chi connectivity index (χ2n) is 5.98. The molecule has 0 bridgehead atoms. The molecule has 0 aliphatic heterocycles. The zero-order valence-corrected chi connectivity index (χ0v) is 15.0. The number of hydrogen-bond acceptors (Lipinski definition) is 5. The Morgan fingerprint density at radius 2 is 2.12 bits per heavy atom. The normalized spacial score (nSPS) is 13.8. The maximum absolute atomic E-state index is 12.4. The first kappa shape index (κ1) is 16.8. The van der Waals surface area contributed by atoms with Crippen molar-refractivity contribution >= 4 is 17.7 Å². The van der Waals surface area contributed by atoms with Crippen molar-refractivity contribution in [1.29, 1.82) is 0 Å². The second-order valence-corrected chi connectivity index (χ2v) is 6.92. The van der Waals surface area contributed by atoms with Gasteiger partial charge in [-0.05, 0) is 25.8 Å². The molecule has 0 spiro atoms. The molecule has 1 aromatic heterocycles. The molecule has 1 aromatic carbocycles. The SMILES string of the molecule is COc1ccccc1CN(C)C(=O)CSc1nnc(C)n1C1CC1. The number of benzene rings is 1. The summed E-state index contributed by atoms with van der Waals surface area (Å²) in [4.78, 5) is 14.1. The van der Waals surface area contributed by atoms with Crippen molar-refractivity contribution in [3.05, 3.63) is 35.7 Å². The number of para-hydroxylation sites is 1. The second kappa shape index (κ2) is 7.25. The van der Waals surface area contributed by atoms with Crippen LogP contribution in [-0.4, -0.2) is 45.5 Å². The summed E-state index contributed by atoms with van der Waals surface area (Å²) in [7, 11) is 3.45. The molecule has 0 atom stereocenters. The summed E-state index contributed by atoms with van der Waals surface area (Å²) in [5.74, 6) is 2.15.